The summed E-state index contributed by atoms with van der Waals surface area (Å²) < 4.78 is 13.0. The van der Waals surface area contributed by atoms with E-state index in [2.05, 4.69) is 5.32 Å². The smallest absolute Gasteiger partial charge is 0.224 e. The van der Waals surface area contributed by atoms with E-state index in [0.717, 1.165) is 6.42 Å². The van der Waals surface area contributed by atoms with Crippen molar-refractivity contribution in [3.8, 4) is 0 Å². The van der Waals surface area contributed by atoms with Crippen LogP contribution in [0.3, 0.4) is 0 Å². The molecule has 0 saturated carbocycles. The molecule has 0 aliphatic heterocycles. The third kappa shape index (κ3) is 4.99. The van der Waals surface area contributed by atoms with Crippen molar-refractivity contribution >= 4 is 5.91 Å². The highest BCUT2D eigenvalue weighted by molar-refractivity contribution is 5.78. The van der Waals surface area contributed by atoms with Gasteiger partial charge in [0.05, 0.1) is 12.0 Å². The molecule has 19 heavy (non-hydrogen) atoms. The van der Waals surface area contributed by atoms with E-state index in [9.17, 15) is 14.3 Å². The molecule has 1 aromatic rings. The molecule has 0 radical (unpaired) electrons. The van der Waals surface area contributed by atoms with Crippen LogP contribution in [0.15, 0.2) is 24.3 Å². The molecule has 0 aliphatic rings. The van der Waals surface area contributed by atoms with Gasteiger partial charge < -0.3 is 10.4 Å². The summed E-state index contributed by atoms with van der Waals surface area (Å²) in [6.07, 6.45) is 0.959. The average molecular weight is 267 g/mol. The number of nitrogens with one attached hydrogen (secondary N) is 1. The Hall–Kier alpha value is -1.42. The summed E-state index contributed by atoms with van der Waals surface area (Å²) in [6.45, 7) is 5.85. The number of hydrogen-bond donors (Lipinski definition) is 2. The predicted molar refractivity (Wildman–Crippen MR) is 73.2 cm³/mol. The molecule has 1 rings (SSSR count). The molecular formula is C15H22FNO2. The first-order chi connectivity index (χ1) is 8.85. The molecule has 2 atom stereocenters. The average Bonchev–Trinajstić information content (AvgIpc) is 2.35. The number of amides is 1. The van der Waals surface area contributed by atoms with Gasteiger partial charge in [-0.1, -0.05) is 32.4 Å². The number of rotatable bonds is 6. The van der Waals surface area contributed by atoms with Crippen LogP contribution >= 0.6 is 0 Å². The lowest BCUT2D eigenvalue weighted by Crippen LogP contribution is -2.45. The molecule has 0 heterocycles. The van der Waals surface area contributed by atoms with E-state index in [1.165, 1.54) is 12.1 Å². The second kappa shape index (κ2) is 6.66. The van der Waals surface area contributed by atoms with Gasteiger partial charge in [-0.3, -0.25) is 4.79 Å². The van der Waals surface area contributed by atoms with Crippen LogP contribution in [0.25, 0.3) is 0 Å². The molecule has 4 heteroatoms. The van der Waals surface area contributed by atoms with Crippen molar-refractivity contribution in [1.29, 1.82) is 0 Å². The Balaban J connectivity index is 2.48. The third-order valence-electron chi connectivity index (χ3n) is 3.57. The maximum Gasteiger partial charge on any atom is 0.224 e. The van der Waals surface area contributed by atoms with Crippen LogP contribution in [-0.2, 0) is 11.2 Å². The van der Waals surface area contributed by atoms with Crippen molar-refractivity contribution in [3.05, 3.63) is 35.6 Å². The van der Waals surface area contributed by atoms with E-state index in [1.54, 1.807) is 19.1 Å². The minimum absolute atomic E-state index is 0.0990. The van der Waals surface area contributed by atoms with Gasteiger partial charge >= 0.3 is 0 Å². The lowest BCUT2D eigenvalue weighted by Gasteiger charge is -2.29. The number of carbonyl (C=O) groups is 1. The fourth-order valence-corrected chi connectivity index (χ4v) is 1.79. The Bertz CT molecular complexity index is 432. The quantitative estimate of drug-likeness (QED) is 0.830. The van der Waals surface area contributed by atoms with Crippen LogP contribution in [0.5, 0.6) is 0 Å². The van der Waals surface area contributed by atoms with Crippen LogP contribution in [0, 0.1) is 11.7 Å². The molecule has 1 amide bonds. The summed E-state index contributed by atoms with van der Waals surface area (Å²) in [5.41, 5.74) is -0.299. The highest BCUT2D eigenvalue weighted by Crippen LogP contribution is 2.18. The molecule has 0 aromatic heterocycles. The Morgan fingerprint density at radius 2 is 2.21 bits per heavy atom. The summed E-state index contributed by atoms with van der Waals surface area (Å²) in [7, 11) is 0. The molecule has 2 unspecified atom stereocenters. The Morgan fingerprint density at radius 1 is 1.53 bits per heavy atom. The number of carbonyl (C=O) groups excluding carboxylic acids is 1. The van der Waals surface area contributed by atoms with E-state index < -0.39 is 5.60 Å². The molecule has 0 aliphatic carbocycles. The van der Waals surface area contributed by atoms with E-state index in [-0.39, 0.29) is 30.6 Å². The van der Waals surface area contributed by atoms with E-state index in [1.807, 2.05) is 13.8 Å². The van der Waals surface area contributed by atoms with Crippen molar-refractivity contribution in [2.45, 2.75) is 39.2 Å². The first-order valence-electron chi connectivity index (χ1n) is 6.58. The first kappa shape index (κ1) is 15.6. The van der Waals surface area contributed by atoms with Crippen molar-refractivity contribution in [3.63, 3.8) is 0 Å². The lowest BCUT2D eigenvalue weighted by molar-refractivity contribution is -0.122. The van der Waals surface area contributed by atoms with E-state index >= 15 is 0 Å². The van der Waals surface area contributed by atoms with Crippen molar-refractivity contribution < 1.29 is 14.3 Å². The fourth-order valence-electron chi connectivity index (χ4n) is 1.79. The summed E-state index contributed by atoms with van der Waals surface area (Å²) in [4.78, 5) is 11.7. The molecule has 1 aromatic carbocycles. The van der Waals surface area contributed by atoms with Gasteiger partial charge in [0.2, 0.25) is 5.91 Å². The summed E-state index contributed by atoms with van der Waals surface area (Å²) >= 11 is 0. The fraction of sp³-hybridized carbons (Fsp3) is 0.533. The summed E-state index contributed by atoms with van der Waals surface area (Å²) in [5, 5.41) is 12.9. The largest absolute Gasteiger partial charge is 0.388 e. The molecule has 0 fully saturated rings. The maximum atomic E-state index is 13.0. The summed E-state index contributed by atoms with van der Waals surface area (Å²) in [5.74, 6) is -0.465. The van der Waals surface area contributed by atoms with E-state index in [4.69, 9.17) is 0 Å². The van der Waals surface area contributed by atoms with Gasteiger partial charge in [-0.25, -0.2) is 4.39 Å². The van der Waals surface area contributed by atoms with Crippen LogP contribution in [0.1, 0.15) is 32.8 Å². The van der Waals surface area contributed by atoms with Gasteiger partial charge in [-0.05, 0) is 30.5 Å². The topological polar surface area (TPSA) is 49.3 Å². The highest BCUT2D eigenvalue weighted by Gasteiger charge is 2.27. The number of hydrogen-bond acceptors (Lipinski definition) is 2. The lowest BCUT2D eigenvalue weighted by atomic mass is 9.88. The zero-order valence-electron chi connectivity index (χ0n) is 11.7. The van der Waals surface area contributed by atoms with Gasteiger partial charge in [0.1, 0.15) is 5.82 Å². The zero-order chi connectivity index (χ0) is 14.5. The summed E-state index contributed by atoms with van der Waals surface area (Å²) in [6, 6.07) is 5.96. The van der Waals surface area contributed by atoms with Crippen molar-refractivity contribution in [2.24, 2.45) is 5.92 Å². The number of benzene rings is 1. The molecule has 106 valence electrons. The Kier molecular flexibility index (Phi) is 5.48. The van der Waals surface area contributed by atoms with Crippen molar-refractivity contribution in [2.75, 3.05) is 6.54 Å². The zero-order valence-corrected chi connectivity index (χ0v) is 11.7. The maximum absolute atomic E-state index is 13.0. The van der Waals surface area contributed by atoms with Crippen LogP contribution in [-0.4, -0.2) is 23.2 Å². The predicted octanol–water partition coefficient (Wildman–Crippen LogP) is 2.28. The van der Waals surface area contributed by atoms with Crippen LogP contribution < -0.4 is 5.32 Å². The third-order valence-corrected chi connectivity index (χ3v) is 3.57. The van der Waals surface area contributed by atoms with Gasteiger partial charge in [0, 0.05) is 6.54 Å². The Morgan fingerprint density at radius 3 is 2.79 bits per heavy atom. The second-order valence-electron chi connectivity index (χ2n) is 5.25. The molecule has 2 N–H and O–H groups in total. The SMILES string of the molecule is CCC(C)C(C)(O)CNC(=O)Cc1cccc(F)c1. The molecular weight excluding hydrogens is 245 g/mol. The number of halogens is 1. The van der Waals surface area contributed by atoms with Gasteiger partial charge in [-0.2, -0.15) is 0 Å². The minimum Gasteiger partial charge on any atom is -0.388 e. The molecule has 0 bridgehead atoms. The normalized spacial score (nSPS) is 15.6. The molecule has 3 nitrogen and oxygen atoms in total. The Labute approximate surface area is 113 Å². The van der Waals surface area contributed by atoms with Gasteiger partial charge in [0.25, 0.3) is 0 Å². The van der Waals surface area contributed by atoms with E-state index in [0.29, 0.717) is 5.56 Å². The van der Waals surface area contributed by atoms with Crippen LogP contribution in [0.4, 0.5) is 4.39 Å². The van der Waals surface area contributed by atoms with Crippen LogP contribution in [0.2, 0.25) is 0 Å². The first-order valence-corrected chi connectivity index (χ1v) is 6.58. The minimum atomic E-state index is -0.924. The molecule has 0 saturated heterocycles. The number of aliphatic hydroxyl groups is 1. The monoisotopic (exact) mass is 267 g/mol. The molecule has 0 spiro atoms. The van der Waals surface area contributed by atoms with Gasteiger partial charge in [0.15, 0.2) is 0 Å². The van der Waals surface area contributed by atoms with Crippen molar-refractivity contribution in [1.82, 2.24) is 5.32 Å². The highest BCUT2D eigenvalue weighted by atomic mass is 19.1. The standard InChI is InChI=1S/C15H22FNO2/c1-4-11(2)15(3,19)10-17-14(18)9-12-6-5-7-13(16)8-12/h5-8,11,19H,4,9-10H2,1-3H3,(H,17,18). The second-order valence-corrected chi connectivity index (χ2v) is 5.25. The van der Waals surface area contributed by atoms with Gasteiger partial charge in [-0.15, -0.1) is 0 Å².